The van der Waals surface area contributed by atoms with E-state index in [0.717, 1.165) is 28.5 Å². The largest absolute Gasteiger partial charge is 0.336 e. The van der Waals surface area contributed by atoms with E-state index in [1.54, 1.807) is 0 Å². The van der Waals surface area contributed by atoms with Gasteiger partial charge in [0, 0.05) is 21.7 Å². The summed E-state index contributed by atoms with van der Waals surface area (Å²) in [5, 5.41) is 0. The number of hydrogen-bond acceptors (Lipinski definition) is 1. The monoisotopic (exact) mass is 343 g/mol. The molecule has 17 heavy (non-hydrogen) atoms. The third-order valence-electron chi connectivity index (χ3n) is 3.39. The Morgan fingerprint density at radius 2 is 2.18 bits per heavy atom. The van der Waals surface area contributed by atoms with Crippen molar-refractivity contribution in [2.24, 2.45) is 0 Å². The van der Waals surface area contributed by atoms with Crippen LogP contribution in [-0.2, 0) is 0 Å². The van der Waals surface area contributed by atoms with E-state index in [0.29, 0.717) is 6.04 Å². The number of likely N-dealkylation sites (tertiary alicyclic amines) is 1. The van der Waals surface area contributed by atoms with E-state index in [1.165, 1.54) is 12.8 Å². The first-order valence-corrected chi connectivity index (χ1v) is 7.33. The molecule has 1 fully saturated rings. The fourth-order valence-corrected chi connectivity index (χ4v) is 2.91. The van der Waals surface area contributed by atoms with Gasteiger partial charge in [-0.25, -0.2) is 0 Å². The summed E-state index contributed by atoms with van der Waals surface area (Å²) in [6.07, 6.45) is 4.77. The van der Waals surface area contributed by atoms with Gasteiger partial charge in [0.1, 0.15) is 0 Å². The number of amides is 1. The second-order valence-corrected chi connectivity index (χ2v) is 5.95. The first kappa shape index (κ1) is 12.9. The third kappa shape index (κ3) is 3.21. The van der Waals surface area contributed by atoms with E-state index >= 15 is 0 Å². The van der Waals surface area contributed by atoms with Gasteiger partial charge in [0.25, 0.3) is 5.91 Å². The van der Waals surface area contributed by atoms with E-state index in [2.05, 4.69) is 29.5 Å². The summed E-state index contributed by atoms with van der Waals surface area (Å²) in [6.45, 7) is 3.07. The number of halogens is 1. The van der Waals surface area contributed by atoms with Gasteiger partial charge in [0.2, 0.25) is 0 Å². The highest BCUT2D eigenvalue weighted by Crippen LogP contribution is 2.19. The lowest BCUT2D eigenvalue weighted by molar-refractivity contribution is 0.0698. The first-order valence-electron chi connectivity index (χ1n) is 6.25. The normalized spacial score (nSPS) is 21.1. The average molecular weight is 343 g/mol. The van der Waals surface area contributed by atoms with Crippen LogP contribution in [0.2, 0.25) is 0 Å². The molecule has 1 amide bonds. The summed E-state index contributed by atoms with van der Waals surface area (Å²) < 4.78 is 1.12. The molecule has 1 heterocycles. The molecular weight excluding hydrogens is 325 g/mol. The predicted molar refractivity (Wildman–Crippen MR) is 78.1 cm³/mol. The molecule has 1 aromatic rings. The maximum absolute atomic E-state index is 12.4. The Kier molecular flexibility index (Phi) is 4.42. The zero-order valence-corrected chi connectivity index (χ0v) is 12.3. The molecule has 2 nitrogen and oxygen atoms in total. The molecule has 0 N–H and O–H groups in total. The summed E-state index contributed by atoms with van der Waals surface area (Å²) in [5.74, 6) is 0.193. The van der Waals surface area contributed by atoms with Crippen LogP contribution < -0.4 is 0 Å². The van der Waals surface area contributed by atoms with E-state index < -0.39 is 0 Å². The first-order chi connectivity index (χ1) is 8.18. The number of carbonyl (C=O) groups is 1. The minimum Gasteiger partial charge on any atom is -0.336 e. The van der Waals surface area contributed by atoms with Crippen molar-refractivity contribution in [1.29, 1.82) is 0 Å². The van der Waals surface area contributed by atoms with Crippen molar-refractivity contribution in [3.8, 4) is 0 Å². The predicted octanol–water partition coefficient (Wildman–Crippen LogP) is 3.70. The van der Waals surface area contributed by atoms with Crippen molar-refractivity contribution in [3.05, 3.63) is 33.4 Å². The highest BCUT2D eigenvalue weighted by atomic mass is 127. The molecule has 1 atom stereocenters. The number of carbonyl (C=O) groups excluding carboxylic acids is 1. The molecule has 1 aromatic carbocycles. The topological polar surface area (TPSA) is 20.3 Å². The lowest BCUT2D eigenvalue weighted by atomic mass is 10.1. The van der Waals surface area contributed by atoms with Crippen LogP contribution in [0.1, 0.15) is 43.0 Å². The maximum atomic E-state index is 12.4. The van der Waals surface area contributed by atoms with Crippen molar-refractivity contribution in [2.45, 2.75) is 38.6 Å². The van der Waals surface area contributed by atoms with E-state index in [1.807, 2.05) is 29.2 Å². The Bertz CT molecular complexity index is 405. The standard InChI is InChI=1S/C14H18INO/c1-11-6-3-2-4-9-16(11)14(17)12-7-5-8-13(15)10-12/h5,7-8,10-11H,2-4,6,9H2,1H3. The minimum atomic E-state index is 0.193. The molecule has 1 aliphatic heterocycles. The van der Waals surface area contributed by atoms with Gasteiger partial charge >= 0.3 is 0 Å². The molecule has 2 rings (SSSR count). The van der Waals surface area contributed by atoms with Gasteiger partial charge in [-0.05, 0) is 60.6 Å². The summed E-state index contributed by atoms with van der Waals surface area (Å²) in [5.41, 5.74) is 0.825. The number of benzene rings is 1. The van der Waals surface area contributed by atoms with Gasteiger partial charge in [0.05, 0.1) is 0 Å². The van der Waals surface area contributed by atoms with Gasteiger partial charge in [-0.15, -0.1) is 0 Å². The molecule has 3 heteroatoms. The Hall–Kier alpha value is -0.580. The fourth-order valence-electron chi connectivity index (χ4n) is 2.36. The SMILES string of the molecule is CC1CCCCCN1C(=O)c1cccc(I)c1. The third-order valence-corrected chi connectivity index (χ3v) is 4.06. The number of hydrogen-bond donors (Lipinski definition) is 0. The number of nitrogens with zero attached hydrogens (tertiary/aromatic N) is 1. The number of rotatable bonds is 1. The van der Waals surface area contributed by atoms with Crippen LogP contribution in [0.4, 0.5) is 0 Å². The van der Waals surface area contributed by atoms with Crippen molar-refractivity contribution >= 4 is 28.5 Å². The summed E-state index contributed by atoms with van der Waals surface area (Å²) in [4.78, 5) is 14.5. The van der Waals surface area contributed by atoms with Crippen molar-refractivity contribution in [2.75, 3.05) is 6.54 Å². The highest BCUT2D eigenvalue weighted by Gasteiger charge is 2.22. The Balaban J connectivity index is 2.18. The quantitative estimate of drug-likeness (QED) is 0.712. The van der Waals surface area contributed by atoms with Gasteiger partial charge in [-0.3, -0.25) is 4.79 Å². The summed E-state index contributed by atoms with van der Waals surface area (Å²) in [6, 6.07) is 8.24. The van der Waals surface area contributed by atoms with Crippen LogP contribution in [0.3, 0.4) is 0 Å². The van der Waals surface area contributed by atoms with Crippen LogP contribution in [-0.4, -0.2) is 23.4 Å². The second-order valence-electron chi connectivity index (χ2n) is 4.71. The average Bonchev–Trinajstić information content (AvgIpc) is 2.53. The highest BCUT2D eigenvalue weighted by molar-refractivity contribution is 14.1. The zero-order chi connectivity index (χ0) is 12.3. The smallest absolute Gasteiger partial charge is 0.254 e. The van der Waals surface area contributed by atoms with Crippen LogP contribution in [0.15, 0.2) is 24.3 Å². The molecule has 0 bridgehead atoms. The summed E-state index contributed by atoms with van der Waals surface area (Å²) in [7, 11) is 0. The molecule has 0 saturated carbocycles. The molecule has 0 aromatic heterocycles. The Labute approximate surface area is 117 Å². The van der Waals surface area contributed by atoms with Crippen LogP contribution in [0, 0.1) is 3.57 Å². The molecular formula is C14H18INO. The summed E-state index contributed by atoms with van der Waals surface area (Å²) >= 11 is 2.25. The van der Waals surface area contributed by atoms with Crippen molar-refractivity contribution in [3.63, 3.8) is 0 Å². The molecule has 92 valence electrons. The second kappa shape index (κ2) is 5.85. The minimum absolute atomic E-state index is 0.193. The van der Waals surface area contributed by atoms with Crippen LogP contribution in [0.5, 0.6) is 0 Å². The molecule has 1 saturated heterocycles. The van der Waals surface area contributed by atoms with Gasteiger partial charge < -0.3 is 4.90 Å². The van der Waals surface area contributed by atoms with Crippen molar-refractivity contribution in [1.82, 2.24) is 4.90 Å². The lowest BCUT2D eigenvalue weighted by Crippen LogP contribution is -2.38. The van der Waals surface area contributed by atoms with Crippen molar-refractivity contribution < 1.29 is 4.79 Å². The lowest BCUT2D eigenvalue weighted by Gasteiger charge is -2.27. The van der Waals surface area contributed by atoms with Gasteiger partial charge in [-0.2, -0.15) is 0 Å². The molecule has 0 spiro atoms. The molecule has 1 unspecified atom stereocenters. The van der Waals surface area contributed by atoms with E-state index in [4.69, 9.17) is 0 Å². The molecule has 0 radical (unpaired) electrons. The zero-order valence-electron chi connectivity index (χ0n) is 10.2. The van der Waals surface area contributed by atoms with Crippen LogP contribution in [0.25, 0.3) is 0 Å². The maximum Gasteiger partial charge on any atom is 0.254 e. The van der Waals surface area contributed by atoms with E-state index in [9.17, 15) is 4.79 Å². The molecule has 0 aliphatic carbocycles. The van der Waals surface area contributed by atoms with Gasteiger partial charge in [0.15, 0.2) is 0 Å². The van der Waals surface area contributed by atoms with E-state index in [-0.39, 0.29) is 5.91 Å². The van der Waals surface area contributed by atoms with Crippen LogP contribution >= 0.6 is 22.6 Å². The molecule has 1 aliphatic rings. The van der Waals surface area contributed by atoms with Gasteiger partial charge in [-0.1, -0.05) is 18.9 Å². The Morgan fingerprint density at radius 3 is 2.94 bits per heavy atom. The Morgan fingerprint density at radius 1 is 1.35 bits per heavy atom. The fraction of sp³-hybridized carbons (Fsp3) is 0.500.